The van der Waals surface area contributed by atoms with Crippen molar-refractivity contribution in [2.24, 2.45) is 0 Å². The number of benzene rings is 1. The highest BCUT2D eigenvalue weighted by Crippen LogP contribution is 2.25. The van der Waals surface area contributed by atoms with Crippen LogP contribution in [0.15, 0.2) is 30.3 Å². The number of ether oxygens (including phenoxy) is 1. The lowest BCUT2D eigenvalue weighted by Crippen LogP contribution is -2.27. The lowest BCUT2D eigenvalue weighted by Gasteiger charge is -2.18. The zero-order chi connectivity index (χ0) is 18.6. The van der Waals surface area contributed by atoms with Gasteiger partial charge in [0.1, 0.15) is 5.69 Å². The van der Waals surface area contributed by atoms with Crippen LogP contribution in [0.1, 0.15) is 51.5 Å². The van der Waals surface area contributed by atoms with Gasteiger partial charge in [-0.25, -0.2) is 4.79 Å². The third kappa shape index (κ3) is 3.76. The van der Waals surface area contributed by atoms with Crippen molar-refractivity contribution in [1.29, 1.82) is 0 Å². The van der Waals surface area contributed by atoms with E-state index < -0.39 is 0 Å². The number of aromatic nitrogens is 1. The van der Waals surface area contributed by atoms with Gasteiger partial charge < -0.3 is 14.2 Å². The average Bonchev–Trinajstić information content (AvgIpc) is 2.85. The van der Waals surface area contributed by atoms with E-state index in [1.807, 2.05) is 55.7 Å². The van der Waals surface area contributed by atoms with Crippen molar-refractivity contribution in [3.63, 3.8) is 0 Å². The summed E-state index contributed by atoms with van der Waals surface area (Å²) >= 11 is 0. The molecule has 1 amide bonds. The molecule has 0 unspecified atom stereocenters. The predicted octanol–water partition coefficient (Wildman–Crippen LogP) is 3.57. The molecule has 0 saturated heterocycles. The minimum atomic E-state index is -0.380. The van der Waals surface area contributed by atoms with Crippen LogP contribution in [0.4, 0.5) is 0 Å². The Labute approximate surface area is 149 Å². The molecule has 0 aliphatic rings. The standard InChI is InChI=1S/C20H26N2O3/c1-6-22-15(4)17(14(3)18(22)20(24)25-7-2)19(23)21(5)13-16-11-9-8-10-12-16/h8-12H,6-7,13H2,1-5H3. The molecule has 0 spiro atoms. The van der Waals surface area contributed by atoms with Gasteiger partial charge >= 0.3 is 5.97 Å². The summed E-state index contributed by atoms with van der Waals surface area (Å²) < 4.78 is 7.03. The van der Waals surface area contributed by atoms with Gasteiger partial charge in [-0.05, 0) is 38.8 Å². The fourth-order valence-electron chi connectivity index (χ4n) is 3.19. The summed E-state index contributed by atoms with van der Waals surface area (Å²) in [5, 5.41) is 0. The normalized spacial score (nSPS) is 10.6. The van der Waals surface area contributed by atoms with Gasteiger partial charge in [-0.2, -0.15) is 0 Å². The first kappa shape index (κ1) is 18.8. The molecule has 0 atom stereocenters. The molecule has 0 aliphatic carbocycles. The Morgan fingerprint density at radius 3 is 2.32 bits per heavy atom. The number of hydrogen-bond acceptors (Lipinski definition) is 3. The van der Waals surface area contributed by atoms with Gasteiger partial charge in [-0.15, -0.1) is 0 Å². The highest BCUT2D eigenvalue weighted by Gasteiger charge is 2.28. The molecule has 1 heterocycles. The molecule has 5 heteroatoms. The molecule has 25 heavy (non-hydrogen) atoms. The third-order valence-corrected chi connectivity index (χ3v) is 4.37. The lowest BCUT2D eigenvalue weighted by atomic mass is 10.1. The molecule has 5 nitrogen and oxygen atoms in total. The van der Waals surface area contributed by atoms with Gasteiger partial charge in [-0.3, -0.25) is 4.79 Å². The molecule has 0 saturated carbocycles. The first-order chi connectivity index (χ1) is 11.9. The predicted molar refractivity (Wildman–Crippen MR) is 97.8 cm³/mol. The molecule has 0 N–H and O–H groups in total. The summed E-state index contributed by atoms with van der Waals surface area (Å²) in [6.45, 7) is 8.86. The van der Waals surface area contributed by atoms with E-state index in [4.69, 9.17) is 4.74 Å². The molecule has 2 rings (SSSR count). The smallest absolute Gasteiger partial charge is 0.355 e. The Balaban J connectivity index is 2.37. The van der Waals surface area contributed by atoms with Crippen LogP contribution in [0.25, 0.3) is 0 Å². The zero-order valence-corrected chi connectivity index (χ0v) is 15.6. The van der Waals surface area contributed by atoms with Gasteiger partial charge in [0.2, 0.25) is 0 Å². The summed E-state index contributed by atoms with van der Waals surface area (Å²) in [5.74, 6) is -0.466. The Morgan fingerprint density at radius 2 is 1.76 bits per heavy atom. The van der Waals surface area contributed by atoms with Gasteiger partial charge in [0.25, 0.3) is 5.91 Å². The van der Waals surface area contributed by atoms with Crippen LogP contribution in [0, 0.1) is 13.8 Å². The minimum absolute atomic E-state index is 0.0865. The van der Waals surface area contributed by atoms with E-state index in [9.17, 15) is 9.59 Å². The summed E-state index contributed by atoms with van der Waals surface area (Å²) in [5.41, 5.74) is 3.60. The lowest BCUT2D eigenvalue weighted by molar-refractivity contribution is 0.0512. The quantitative estimate of drug-likeness (QED) is 0.754. The number of esters is 1. The molecule has 1 aromatic heterocycles. The number of hydrogen-bond donors (Lipinski definition) is 0. The second-order valence-electron chi connectivity index (χ2n) is 6.05. The SMILES string of the molecule is CCOC(=O)c1c(C)c(C(=O)N(C)Cc2ccccc2)c(C)n1CC. The topological polar surface area (TPSA) is 51.5 Å². The Kier molecular flexibility index (Phi) is 6.02. The third-order valence-electron chi connectivity index (χ3n) is 4.37. The molecule has 134 valence electrons. The molecular formula is C20H26N2O3. The van der Waals surface area contributed by atoms with E-state index in [-0.39, 0.29) is 11.9 Å². The molecule has 1 aromatic carbocycles. The summed E-state index contributed by atoms with van der Waals surface area (Å²) in [6, 6.07) is 9.84. The minimum Gasteiger partial charge on any atom is -0.461 e. The van der Waals surface area contributed by atoms with Crippen LogP contribution in [-0.2, 0) is 17.8 Å². The maximum Gasteiger partial charge on any atom is 0.355 e. The number of amides is 1. The van der Waals surface area contributed by atoms with Crippen molar-refractivity contribution in [2.45, 2.75) is 40.8 Å². The zero-order valence-electron chi connectivity index (χ0n) is 15.6. The maximum absolute atomic E-state index is 13.0. The van der Waals surface area contributed by atoms with Crippen molar-refractivity contribution in [3.8, 4) is 0 Å². The molecule has 0 fully saturated rings. The van der Waals surface area contributed by atoms with Gasteiger partial charge in [0.05, 0.1) is 12.2 Å². The Morgan fingerprint density at radius 1 is 1.12 bits per heavy atom. The fourth-order valence-corrected chi connectivity index (χ4v) is 3.19. The van der Waals surface area contributed by atoms with Crippen LogP contribution < -0.4 is 0 Å². The number of carbonyl (C=O) groups is 2. The van der Waals surface area contributed by atoms with E-state index in [1.165, 1.54) is 0 Å². The molecule has 0 radical (unpaired) electrons. The van der Waals surface area contributed by atoms with Gasteiger partial charge in [-0.1, -0.05) is 30.3 Å². The van der Waals surface area contributed by atoms with Crippen molar-refractivity contribution >= 4 is 11.9 Å². The number of carbonyl (C=O) groups excluding carboxylic acids is 2. The second-order valence-corrected chi connectivity index (χ2v) is 6.05. The van der Waals surface area contributed by atoms with Gasteiger partial charge in [0.15, 0.2) is 0 Å². The first-order valence-corrected chi connectivity index (χ1v) is 8.58. The van der Waals surface area contributed by atoms with Crippen molar-refractivity contribution in [3.05, 3.63) is 58.4 Å². The highest BCUT2D eigenvalue weighted by molar-refractivity contribution is 6.01. The largest absolute Gasteiger partial charge is 0.461 e. The van der Waals surface area contributed by atoms with Crippen molar-refractivity contribution in [1.82, 2.24) is 9.47 Å². The first-order valence-electron chi connectivity index (χ1n) is 8.58. The van der Waals surface area contributed by atoms with Crippen LogP contribution in [0.2, 0.25) is 0 Å². The van der Waals surface area contributed by atoms with E-state index in [1.54, 1.807) is 18.9 Å². The van der Waals surface area contributed by atoms with E-state index in [0.29, 0.717) is 36.5 Å². The van der Waals surface area contributed by atoms with Crippen LogP contribution in [0.3, 0.4) is 0 Å². The van der Waals surface area contributed by atoms with Crippen LogP contribution in [-0.4, -0.2) is 35.0 Å². The van der Waals surface area contributed by atoms with E-state index in [2.05, 4.69) is 0 Å². The molecule has 0 aliphatic heterocycles. The second kappa shape index (κ2) is 8.01. The maximum atomic E-state index is 13.0. The average molecular weight is 342 g/mol. The van der Waals surface area contributed by atoms with Crippen LogP contribution >= 0.6 is 0 Å². The summed E-state index contributed by atoms with van der Waals surface area (Å²) in [6.07, 6.45) is 0. The number of rotatable bonds is 6. The van der Waals surface area contributed by atoms with Crippen molar-refractivity contribution in [2.75, 3.05) is 13.7 Å². The van der Waals surface area contributed by atoms with Crippen LogP contribution in [0.5, 0.6) is 0 Å². The highest BCUT2D eigenvalue weighted by atomic mass is 16.5. The molecule has 0 bridgehead atoms. The summed E-state index contributed by atoms with van der Waals surface area (Å²) in [7, 11) is 1.78. The summed E-state index contributed by atoms with van der Waals surface area (Å²) in [4.78, 5) is 27.0. The molecule has 2 aromatic rings. The molecular weight excluding hydrogens is 316 g/mol. The Hall–Kier alpha value is -2.56. The van der Waals surface area contributed by atoms with Gasteiger partial charge in [0, 0.05) is 25.8 Å². The Bertz CT molecular complexity index is 763. The van der Waals surface area contributed by atoms with E-state index >= 15 is 0 Å². The number of nitrogens with zero attached hydrogens (tertiary/aromatic N) is 2. The van der Waals surface area contributed by atoms with Crippen molar-refractivity contribution < 1.29 is 14.3 Å². The monoisotopic (exact) mass is 342 g/mol. The van der Waals surface area contributed by atoms with E-state index in [0.717, 1.165) is 11.3 Å². The fraction of sp³-hybridized carbons (Fsp3) is 0.400.